The van der Waals surface area contributed by atoms with E-state index in [1.807, 2.05) is 36.6 Å². The lowest BCUT2D eigenvalue weighted by Crippen LogP contribution is -2.15. The van der Waals surface area contributed by atoms with Crippen molar-refractivity contribution in [2.45, 2.75) is 34.1 Å². The molecule has 0 atom stereocenters. The van der Waals surface area contributed by atoms with Gasteiger partial charge in [-0.2, -0.15) is 0 Å². The number of nitrogens with one attached hydrogen (secondary N) is 1. The molecule has 0 aliphatic carbocycles. The lowest BCUT2D eigenvalue weighted by molar-refractivity contribution is -0.116. The van der Waals surface area contributed by atoms with Crippen molar-refractivity contribution in [3.63, 3.8) is 0 Å². The Labute approximate surface area is 164 Å². The molecule has 0 saturated carbocycles. The van der Waals surface area contributed by atoms with E-state index < -0.39 is 0 Å². The van der Waals surface area contributed by atoms with Crippen molar-refractivity contribution in [3.8, 4) is 17.0 Å². The first-order valence-corrected chi connectivity index (χ1v) is 9.83. The van der Waals surface area contributed by atoms with Crippen molar-refractivity contribution in [1.29, 1.82) is 0 Å². The Hall–Kier alpha value is -2.66. The van der Waals surface area contributed by atoms with Gasteiger partial charge in [-0.15, -0.1) is 11.3 Å². The van der Waals surface area contributed by atoms with Crippen LogP contribution in [-0.2, 0) is 4.79 Å². The summed E-state index contributed by atoms with van der Waals surface area (Å²) in [6.07, 6.45) is 0.283. The predicted molar refractivity (Wildman–Crippen MR) is 112 cm³/mol. The number of carbonyl (C=O) groups is 1. The topological polar surface area (TPSA) is 51.2 Å². The summed E-state index contributed by atoms with van der Waals surface area (Å²) in [5.41, 5.74) is 6.88. The van der Waals surface area contributed by atoms with Crippen LogP contribution in [0.25, 0.3) is 11.3 Å². The lowest BCUT2D eigenvalue weighted by atomic mass is 9.99. The molecule has 2 aromatic carbocycles. The maximum Gasteiger partial charge on any atom is 0.229 e. The average molecular weight is 381 g/mol. The highest BCUT2D eigenvalue weighted by Gasteiger charge is 2.11. The minimum atomic E-state index is -0.0974. The third-order valence-electron chi connectivity index (χ3n) is 4.49. The first-order valence-electron chi connectivity index (χ1n) is 8.95. The monoisotopic (exact) mass is 380 g/mol. The van der Waals surface area contributed by atoms with Gasteiger partial charge in [-0.1, -0.05) is 23.8 Å². The number of carbonyl (C=O) groups excluding carboxylic acids is 1. The summed E-state index contributed by atoms with van der Waals surface area (Å²) in [4.78, 5) is 16.7. The summed E-state index contributed by atoms with van der Waals surface area (Å²) in [6.45, 7) is 8.66. The van der Waals surface area contributed by atoms with E-state index in [0.717, 1.165) is 17.0 Å². The molecular weight excluding hydrogens is 356 g/mol. The number of ether oxygens (including phenoxy) is 1. The molecular formula is C22H24N2O2S. The predicted octanol–water partition coefficient (Wildman–Crippen LogP) is 5.45. The number of rotatable bonds is 6. The molecule has 3 aromatic rings. The lowest BCUT2D eigenvalue weighted by Gasteiger charge is -2.08. The van der Waals surface area contributed by atoms with Crippen molar-refractivity contribution in [3.05, 3.63) is 64.0 Å². The molecule has 27 heavy (non-hydrogen) atoms. The van der Waals surface area contributed by atoms with Gasteiger partial charge in [-0.3, -0.25) is 4.79 Å². The largest absolute Gasteiger partial charge is 0.493 e. The van der Waals surface area contributed by atoms with Crippen molar-refractivity contribution in [1.82, 2.24) is 4.98 Å². The first-order chi connectivity index (χ1) is 12.9. The fraction of sp³-hybridized carbons (Fsp3) is 0.273. The van der Waals surface area contributed by atoms with Gasteiger partial charge in [0, 0.05) is 10.9 Å². The highest BCUT2D eigenvalue weighted by molar-refractivity contribution is 7.14. The molecule has 4 nitrogen and oxygen atoms in total. The molecule has 0 spiro atoms. The number of benzene rings is 2. The fourth-order valence-corrected chi connectivity index (χ4v) is 3.50. The van der Waals surface area contributed by atoms with Crippen LogP contribution in [0.5, 0.6) is 5.75 Å². The van der Waals surface area contributed by atoms with Gasteiger partial charge in [-0.25, -0.2) is 4.98 Å². The molecule has 1 heterocycles. The molecule has 1 aromatic heterocycles. The normalized spacial score (nSPS) is 10.7. The van der Waals surface area contributed by atoms with E-state index in [9.17, 15) is 4.79 Å². The number of aromatic nitrogens is 1. The van der Waals surface area contributed by atoms with Crippen molar-refractivity contribution in [2.24, 2.45) is 0 Å². The Balaban J connectivity index is 1.56. The number of amides is 1. The van der Waals surface area contributed by atoms with Gasteiger partial charge in [0.2, 0.25) is 5.91 Å². The van der Waals surface area contributed by atoms with Crippen LogP contribution in [0, 0.1) is 27.7 Å². The summed E-state index contributed by atoms with van der Waals surface area (Å²) in [7, 11) is 0. The van der Waals surface area contributed by atoms with Crippen LogP contribution >= 0.6 is 11.3 Å². The molecule has 0 aliphatic heterocycles. The fourth-order valence-electron chi connectivity index (χ4n) is 2.77. The van der Waals surface area contributed by atoms with Gasteiger partial charge < -0.3 is 10.1 Å². The molecule has 5 heteroatoms. The van der Waals surface area contributed by atoms with Gasteiger partial charge in [-0.05, 0) is 62.6 Å². The standard InChI is InChI=1S/C22H24N2O2S/c1-14-5-7-18(8-6-14)26-10-9-21(25)24-22-23-20(13-27-22)19-12-16(3)15(2)11-17(19)4/h5-8,11-13H,9-10H2,1-4H3,(H,23,24,25). The highest BCUT2D eigenvalue weighted by atomic mass is 32.1. The number of anilines is 1. The minimum absolute atomic E-state index is 0.0974. The zero-order valence-electron chi connectivity index (χ0n) is 16.1. The average Bonchev–Trinajstić information content (AvgIpc) is 3.08. The van der Waals surface area contributed by atoms with Gasteiger partial charge in [0.05, 0.1) is 18.7 Å². The maximum absolute atomic E-state index is 12.1. The van der Waals surface area contributed by atoms with Crippen LogP contribution in [0.2, 0.25) is 0 Å². The van der Waals surface area contributed by atoms with E-state index in [2.05, 4.69) is 43.2 Å². The molecule has 0 fully saturated rings. The molecule has 3 rings (SSSR count). The SMILES string of the molecule is Cc1ccc(OCCC(=O)Nc2nc(-c3cc(C)c(C)cc3C)cs2)cc1. The van der Waals surface area contributed by atoms with Crippen LogP contribution < -0.4 is 10.1 Å². The van der Waals surface area contributed by atoms with E-state index in [0.29, 0.717) is 11.7 Å². The summed E-state index contributed by atoms with van der Waals surface area (Å²) in [6, 6.07) is 12.1. The Bertz CT molecular complexity index is 945. The zero-order chi connectivity index (χ0) is 19.4. The quantitative estimate of drug-likeness (QED) is 0.618. The number of hydrogen-bond donors (Lipinski definition) is 1. The Morgan fingerprint density at radius 1 is 1.04 bits per heavy atom. The van der Waals surface area contributed by atoms with Crippen LogP contribution in [0.1, 0.15) is 28.7 Å². The van der Waals surface area contributed by atoms with Crippen LogP contribution in [-0.4, -0.2) is 17.5 Å². The second-order valence-electron chi connectivity index (χ2n) is 6.75. The summed E-state index contributed by atoms with van der Waals surface area (Å²) in [5.74, 6) is 0.676. The van der Waals surface area contributed by atoms with Gasteiger partial charge in [0.25, 0.3) is 0 Å². The molecule has 0 bridgehead atoms. The van der Waals surface area contributed by atoms with E-state index in [-0.39, 0.29) is 12.3 Å². The van der Waals surface area contributed by atoms with Crippen molar-refractivity contribution >= 4 is 22.4 Å². The Kier molecular flexibility index (Phi) is 5.91. The van der Waals surface area contributed by atoms with Crippen molar-refractivity contribution < 1.29 is 9.53 Å². The number of nitrogens with zero attached hydrogens (tertiary/aromatic N) is 1. The van der Waals surface area contributed by atoms with E-state index in [1.165, 1.54) is 33.6 Å². The molecule has 1 amide bonds. The summed E-state index contributed by atoms with van der Waals surface area (Å²) in [5, 5.41) is 5.46. The van der Waals surface area contributed by atoms with Crippen LogP contribution in [0.4, 0.5) is 5.13 Å². The third-order valence-corrected chi connectivity index (χ3v) is 5.24. The zero-order valence-corrected chi connectivity index (χ0v) is 16.9. The smallest absolute Gasteiger partial charge is 0.229 e. The van der Waals surface area contributed by atoms with Crippen LogP contribution in [0.15, 0.2) is 41.8 Å². The molecule has 140 valence electrons. The second-order valence-corrected chi connectivity index (χ2v) is 7.61. The molecule has 1 N–H and O–H groups in total. The third kappa shape index (κ3) is 4.95. The second kappa shape index (κ2) is 8.35. The van der Waals surface area contributed by atoms with E-state index in [1.54, 1.807) is 0 Å². The van der Waals surface area contributed by atoms with Crippen molar-refractivity contribution in [2.75, 3.05) is 11.9 Å². The summed E-state index contributed by atoms with van der Waals surface area (Å²) >= 11 is 1.44. The van der Waals surface area contributed by atoms with Gasteiger partial charge in [0.15, 0.2) is 5.13 Å². The molecule has 0 aliphatic rings. The van der Waals surface area contributed by atoms with E-state index >= 15 is 0 Å². The summed E-state index contributed by atoms with van der Waals surface area (Å²) < 4.78 is 5.61. The molecule has 0 unspecified atom stereocenters. The highest BCUT2D eigenvalue weighted by Crippen LogP contribution is 2.29. The Morgan fingerprint density at radius 2 is 1.74 bits per heavy atom. The minimum Gasteiger partial charge on any atom is -0.493 e. The Morgan fingerprint density at radius 3 is 2.48 bits per heavy atom. The number of aryl methyl sites for hydroxylation is 4. The van der Waals surface area contributed by atoms with Gasteiger partial charge in [0.1, 0.15) is 5.75 Å². The number of thiazole rings is 1. The molecule has 0 radical (unpaired) electrons. The number of hydrogen-bond acceptors (Lipinski definition) is 4. The molecule has 0 saturated heterocycles. The van der Waals surface area contributed by atoms with Crippen LogP contribution in [0.3, 0.4) is 0 Å². The first kappa shape index (κ1) is 19.1. The van der Waals surface area contributed by atoms with Gasteiger partial charge >= 0.3 is 0 Å². The van der Waals surface area contributed by atoms with E-state index in [4.69, 9.17) is 4.74 Å². The maximum atomic E-state index is 12.1.